The maximum atomic E-state index is 13.6. The summed E-state index contributed by atoms with van der Waals surface area (Å²) >= 11 is 1.31. The normalized spacial score (nSPS) is 28.0. The van der Waals surface area contributed by atoms with Crippen LogP contribution < -0.4 is 21.0 Å². The number of amides is 1. The van der Waals surface area contributed by atoms with E-state index in [1.807, 2.05) is 0 Å². The number of ether oxygens (including phenoxy) is 2. The molecule has 4 aliphatic heterocycles. The minimum Gasteiger partial charge on any atom is -0.495 e. The number of nitrogens with zero attached hydrogens (tertiary/aromatic N) is 3. The van der Waals surface area contributed by atoms with Gasteiger partial charge in [-0.05, 0) is 55.5 Å². The van der Waals surface area contributed by atoms with E-state index in [0.29, 0.717) is 33.7 Å². The van der Waals surface area contributed by atoms with E-state index < -0.39 is 23.9 Å². The fourth-order valence-corrected chi connectivity index (χ4v) is 5.26. The largest absolute Gasteiger partial charge is 0.495 e. The summed E-state index contributed by atoms with van der Waals surface area (Å²) in [6, 6.07) is 0.532. The van der Waals surface area contributed by atoms with Gasteiger partial charge in [0.1, 0.15) is 23.7 Å². The third-order valence-electron chi connectivity index (χ3n) is 6.71. The highest BCUT2D eigenvalue weighted by Crippen LogP contribution is 2.39. The maximum absolute atomic E-state index is 13.6. The zero-order chi connectivity index (χ0) is 25.5. The first-order valence-electron chi connectivity index (χ1n) is 12.3. The first-order chi connectivity index (χ1) is 18.0. The van der Waals surface area contributed by atoms with Crippen molar-refractivity contribution >= 4 is 34.1 Å². The summed E-state index contributed by atoms with van der Waals surface area (Å²) in [5.41, 5.74) is 3.44. The van der Waals surface area contributed by atoms with Crippen LogP contribution in [0.2, 0.25) is 0 Å². The first-order valence-corrected chi connectivity index (χ1v) is 13.1. The summed E-state index contributed by atoms with van der Waals surface area (Å²) in [7, 11) is 1.46. The fourth-order valence-electron chi connectivity index (χ4n) is 4.54. The number of fused-ring (bicyclic) bond motifs is 1. The van der Waals surface area contributed by atoms with E-state index in [0.717, 1.165) is 32.2 Å². The lowest BCUT2D eigenvalue weighted by Crippen LogP contribution is -2.39. The highest BCUT2D eigenvalue weighted by atomic mass is 32.2. The summed E-state index contributed by atoms with van der Waals surface area (Å²) < 4.78 is 38.5. The minimum atomic E-state index is -2.64. The lowest BCUT2D eigenvalue weighted by molar-refractivity contribution is 0.0945. The number of methoxy groups -OCH3 is 1. The van der Waals surface area contributed by atoms with Crippen LogP contribution in [-0.2, 0) is 9.47 Å². The molecule has 5 heterocycles. The minimum absolute atomic E-state index is 0.0477. The number of piperidine rings is 1. The number of carbonyl (C=O) groups is 1. The molecule has 37 heavy (non-hydrogen) atoms. The predicted octanol–water partition coefficient (Wildman–Crippen LogP) is 2.59. The lowest BCUT2D eigenvalue weighted by atomic mass is 9.95. The zero-order valence-electron chi connectivity index (χ0n) is 20.0. The summed E-state index contributed by atoms with van der Waals surface area (Å²) in [4.78, 5) is 20.0. The van der Waals surface area contributed by atoms with Crippen molar-refractivity contribution in [3.63, 3.8) is 0 Å². The Bertz CT molecular complexity index is 1250. The van der Waals surface area contributed by atoms with Crippen LogP contribution in [0.4, 0.5) is 14.6 Å². The number of aromatic nitrogens is 1. The molecule has 4 unspecified atom stereocenters. The van der Waals surface area contributed by atoms with E-state index in [1.54, 1.807) is 6.07 Å². The van der Waals surface area contributed by atoms with Gasteiger partial charge in [-0.15, -0.1) is 0 Å². The molecule has 2 saturated heterocycles. The SMILES string of the molecule is COC1=CNC(C(F)F)C=C1c1cc(N2CCCC3OC32)ncc1C(=O)NC1NN=C(C#CC2CC2)S1. The van der Waals surface area contributed by atoms with Gasteiger partial charge in [0.15, 0.2) is 16.8 Å². The third kappa shape index (κ3) is 5.10. The highest BCUT2D eigenvalue weighted by Gasteiger charge is 2.46. The molecule has 3 fully saturated rings. The van der Waals surface area contributed by atoms with Crippen molar-refractivity contribution in [2.45, 2.75) is 56.0 Å². The molecule has 4 atom stereocenters. The summed E-state index contributed by atoms with van der Waals surface area (Å²) in [5.74, 6) is 7.18. The quantitative estimate of drug-likeness (QED) is 0.383. The molecular weight excluding hydrogens is 502 g/mol. The number of alkyl halides is 2. The van der Waals surface area contributed by atoms with Crippen molar-refractivity contribution in [3.05, 3.63) is 41.4 Å². The molecule has 194 valence electrons. The van der Waals surface area contributed by atoms with E-state index in [4.69, 9.17) is 9.47 Å². The molecule has 0 bridgehead atoms. The van der Waals surface area contributed by atoms with E-state index in [2.05, 4.69) is 42.9 Å². The number of dihydropyridines is 1. The molecule has 0 aromatic carbocycles. The molecule has 5 aliphatic rings. The summed E-state index contributed by atoms with van der Waals surface area (Å²) in [5, 5.41) is 10.3. The van der Waals surface area contributed by atoms with Crippen molar-refractivity contribution in [2.24, 2.45) is 11.0 Å². The Hall–Kier alpha value is -3.30. The average Bonchev–Trinajstić information content (AvgIpc) is 3.84. The van der Waals surface area contributed by atoms with E-state index >= 15 is 0 Å². The van der Waals surface area contributed by atoms with Gasteiger partial charge < -0.3 is 25.0 Å². The zero-order valence-corrected chi connectivity index (χ0v) is 20.9. The number of epoxide rings is 1. The van der Waals surface area contributed by atoms with Gasteiger partial charge in [0.25, 0.3) is 12.3 Å². The Morgan fingerprint density at radius 2 is 2.24 bits per heavy atom. The molecule has 6 rings (SSSR count). The lowest BCUT2D eigenvalue weighted by Gasteiger charge is -2.27. The van der Waals surface area contributed by atoms with E-state index in [-0.39, 0.29) is 17.9 Å². The Morgan fingerprint density at radius 1 is 1.38 bits per heavy atom. The van der Waals surface area contributed by atoms with Crippen LogP contribution in [0, 0.1) is 17.8 Å². The molecule has 12 heteroatoms. The van der Waals surface area contributed by atoms with Gasteiger partial charge in [-0.2, -0.15) is 5.10 Å². The van der Waals surface area contributed by atoms with E-state index in [1.165, 1.54) is 37.3 Å². The molecule has 1 aromatic rings. The number of thioether (sulfide) groups is 1. The van der Waals surface area contributed by atoms with Gasteiger partial charge in [0.2, 0.25) is 0 Å². The Labute approximate surface area is 217 Å². The number of pyridine rings is 1. The van der Waals surface area contributed by atoms with Crippen molar-refractivity contribution in [3.8, 4) is 11.8 Å². The third-order valence-corrected chi connectivity index (χ3v) is 7.59. The molecule has 1 aliphatic carbocycles. The van der Waals surface area contributed by atoms with Crippen LogP contribution in [0.3, 0.4) is 0 Å². The Morgan fingerprint density at radius 3 is 3.03 bits per heavy atom. The van der Waals surface area contributed by atoms with Crippen molar-refractivity contribution in [2.75, 3.05) is 18.6 Å². The molecule has 1 amide bonds. The van der Waals surface area contributed by atoms with Crippen LogP contribution in [0.25, 0.3) is 5.57 Å². The first kappa shape index (κ1) is 24.1. The van der Waals surface area contributed by atoms with Gasteiger partial charge in [-0.1, -0.05) is 5.92 Å². The average molecular weight is 529 g/mol. The van der Waals surface area contributed by atoms with Crippen LogP contribution >= 0.6 is 11.8 Å². The van der Waals surface area contributed by atoms with Crippen LogP contribution in [0.15, 0.2) is 35.4 Å². The van der Waals surface area contributed by atoms with Gasteiger partial charge in [0.05, 0.1) is 12.7 Å². The van der Waals surface area contributed by atoms with Crippen molar-refractivity contribution < 1.29 is 23.0 Å². The Kier molecular flexibility index (Phi) is 6.42. The monoisotopic (exact) mass is 528 g/mol. The van der Waals surface area contributed by atoms with Gasteiger partial charge in [-0.25, -0.2) is 13.8 Å². The molecule has 9 nitrogen and oxygen atoms in total. The Balaban J connectivity index is 1.29. The maximum Gasteiger partial charge on any atom is 0.261 e. The van der Waals surface area contributed by atoms with Gasteiger partial charge in [-0.3, -0.25) is 10.2 Å². The van der Waals surface area contributed by atoms with Gasteiger partial charge >= 0.3 is 0 Å². The predicted molar refractivity (Wildman–Crippen MR) is 135 cm³/mol. The number of hydrogen-bond donors (Lipinski definition) is 3. The highest BCUT2D eigenvalue weighted by molar-refractivity contribution is 8.15. The molecule has 1 saturated carbocycles. The fraction of sp³-hybridized carbons (Fsp3) is 0.480. The van der Waals surface area contributed by atoms with Crippen LogP contribution in [-0.4, -0.2) is 59.9 Å². The number of halogens is 2. The molecular formula is C25H26F2N6O3S. The smallest absolute Gasteiger partial charge is 0.261 e. The number of hydrazone groups is 1. The second-order valence-electron chi connectivity index (χ2n) is 9.37. The van der Waals surface area contributed by atoms with Crippen molar-refractivity contribution in [1.29, 1.82) is 0 Å². The van der Waals surface area contributed by atoms with Gasteiger partial charge in [0, 0.05) is 36.0 Å². The molecule has 3 N–H and O–H groups in total. The molecule has 0 radical (unpaired) electrons. The van der Waals surface area contributed by atoms with E-state index in [9.17, 15) is 13.6 Å². The van der Waals surface area contributed by atoms with Crippen LogP contribution in [0.5, 0.6) is 0 Å². The number of rotatable bonds is 6. The number of carbonyl (C=O) groups excluding carboxylic acids is 1. The van der Waals surface area contributed by atoms with Crippen molar-refractivity contribution in [1.82, 2.24) is 21.0 Å². The second kappa shape index (κ2) is 9.87. The standard InChI is InChI=1S/C25H26F2N6O3S/c1-35-19-12-28-17(22(26)27)9-15(19)14-10-20(33-8-2-3-18-24(33)36-18)29-11-16(14)23(34)30-25-32-31-21(37-25)7-6-13-4-5-13/h9-13,17-18,22,24-25,28,32H,2-5,8H2,1H3,(H,30,34). The van der Waals surface area contributed by atoms with Crippen LogP contribution in [0.1, 0.15) is 41.6 Å². The number of anilines is 1. The second-order valence-corrected chi connectivity index (χ2v) is 10.5. The number of allylic oxidation sites excluding steroid dienone is 1. The molecule has 1 aromatic heterocycles. The summed E-state index contributed by atoms with van der Waals surface area (Å²) in [6.45, 7) is 0.761. The topological polar surface area (TPSA) is 103 Å². The molecule has 0 spiro atoms. The number of nitrogens with one attached hydrogen (secondary N) is 3. The summed E-state index contributed by atoms with van der Waals surface area (Å²) in [6.07, 6.45) is 5.96. The number of hydrogen-bond acceptors (Lipinski definition) is 9.